The van der Waals surface area contributed by atoms with Gasteiger partial charge in [-0.2, -0.15) is 0 Å². The maximum absolute atomic E-state index is 12.2. The highest BCUT2D eigenvalue weighted by atomic mass is 79.9. The Morgan fingerprint density at radius 3 is 2.53 bits per heavy atom. The summed E-state index contributed by atoms with van der Waals surface area (Å²) in [5.74, 6) is -0.198. The van der Waals surface area contributed by atoms with E-state index in [1.165, 1.54) is 10.0 Å². The number of hydrogen-bond acceptors (Lipinski definition) is 3. The number of aryl methyl sites for hydroxylation is 2. The standard InChI is InChI=1S/C13H15BrN2O3/c1-9-4-3-5-10(2)12(9)16(11(17)8-14)15-6-7-19-13(15)18/h3-5H,6-8H2,1-2H3. The molecular formula is C13H15BrN2O3. The molecular weight excluding hydrogens is 312 g/mol. The van der Waals surface area contributed by atoms with Crippen LogP contribution >= 0.6 is 15.9 Å². The van der Waals surface area contributed by atoms with Crippen molar-refractivity contribution in [3.05, 3.63) is 29.3 Å². The maximum atomic E-state index is 12.2. The quantitative estimate of drug-likeness (QED) is 0.801. The van der Waals surface area contributed by atoms with E-state index < -0.39 is 6.09 Å². The average molecular weight is 327 g/mol. The van der Waals surface area contributed by atoms with Gasteiger partial charge in [-0.15, -0.1) is 0 Å². The number of anilines is 1. The number of carbonyl (C=O) groups excluding carboxylic acids is 2. The fraction of sp³-hybridized carbons (Fsp3) is 0.385. The van der Waals surface area contributed by atoms with E-state index in [1.54, 1.807) is 0 Å². The van der Waals surface area contributed by atoms with Crippen LogP contribution in [-0.4, -0.2) is 35.5 Å². The lowest BCUT2D eigenvalue weighted by Crippen LogP contribution is -2.48. The predicted molar refractivity (Wildman–Crippen MR) is 75.3 cm³/mol. The van der Waals surface area contributed by atoms with Crippen molar-refractivity contribution in [2.75, 3.05) is 23.5 Å². The van der Waals surface area contributed by atoms with E-state index in [0.29, 0.717) is 13.2 Å². The van der Waals surface area contributed by atoms with Crippen LogP contribution in [0.25, 0.3) is 0 Å². The fourth-order valence-corrected chi connectivity index (χ4v) is 2.38. The second kappa shape index (κ2) is 5.61. The first-order valence-electron chi connectivity index (χ1n) is 5.95. The van der Waals surface area contributed by atoms with Crippen LogP contribution in [0.5, 0.6) is 0 Å². The van der Waals surface area contributed by atoms with E-state index in [4.69, 9.17) is 4.74 Å². The number of para-hydroxylation sites is 1. The van der Waals surface area contributed by atoms with Gasteiger partial charge in [0.25, 0.3) is 5.91 Å². The van der Waals surface area contributed by atoms with Crippen molar-refractivity contribution in [1.29, 1.82) is 0 Å². The Hall–Kier alpha value is -1.56. The molecule has 0 spiro atoms. The molecule has 0 saturated carbocycles. The van der Waals surface area contributed by atoms with Gasteiger partial charge >= 0.3 is 6.09 Å². The zero-order valence-corrected chi connectivity index (χ0v) is 12.4. The number of amides is 2. The summed E-state index contributed by atoms with van der Waals surface area (Å²) in [6.45, 7) is 4.51. The summed E-state index contributed by atoms with van der Waals surface area (Å²) >= 11 is 3.16. The lowest BCUT2D eigenvalue weighted by molar-refractivity contribution is -0.118. The smallest absolute Gasteiger partial charge is 0.429 e. The van der Waals surface area contributed by atoms with Crippen LogP contribution in [0.4, 0.5) is 10.5 Å². The number of nitrogens with zero attached hydrogens (tertiary/aromatic N) is 2. The third kappa shape index (κ3) is 2.58. The van der Waals surface area contributed by atoms with Crippen LogP contribution in [-0.2, 0) is 9.53 Å². The molecule has 6 heteroatoms. The van der Waals surface area contributed by atoms with Crippen LogP contribution in [0.1, 0.15) is 11.1 Å². The SMILES string of the molecule is Cc1cccc(C)c1N(C(=O)CBr)N1CCOC1=O. The lowest BCUT2D eigenvalue weighted by Gasteiger charge is -2.31. The fourth-order valence-electron chi connectivity index (χ4n) is 2.14. The number of alkyl halides is 1. The molecule has 0 bridgehead atoms. The molecule has 1 saturated heterocycles. The van der Waals surface area contributed by atoms with Crippen molar-refractivity contribution in [2.45, 2.75) is 13.8 Å². The highest BCUT2D eigenvalue weighted by molar-refractivity contribution is 9.09. The minimum absolute atomic E-state index is 0.143. The monoisotopic (exact) mass is 326 g/mol. The Bertz CT molecular complexity index is 498. The first-order valence-corrected chi connectivity index (χ1v) is 7.07. The summed E-state index contributed by atoms with van der Waals surface area (Å²) in [4.78, 5) is 23.9. The van der Waals surface area contributed by atoms with Gasteiger partial charge in [0.2, 0.25) is 0 Å². The van der Waals surface area contributed by atoms with Crippen LogP contribution < -0.4 is 5.01 Å². The van der Waals surface area contributed by atoms with Gasteiger partial charge in [0.05, 0.1) is 17.6 Å². The van der Waals surface area contributed by atoms with Gasteiger partial charge in [-0.05, 0) is 25.0 Å². The Kier molecular flexibility index (Phi) is 4.09. The largest absolute Gasteiger partial charge is 0.446 e. The summed E-state index contributed by atoms with van der Waals surface area (Å²) in [5, 5.41) is 2.90. The molecule has 102 valence electrons. The number of carbonyl (C=O) groups is 2. The topological polar surface area (TPSA) is 49.9 Å². The molecule has 0 radical (unpaired) electrons. The van der Waals surface area contributed by atoms with Gasteiger partial charge in [0.15, 0.2) is 0 Å². The number of ether oxygens (including phenoxy) is 1. The van der Waals surface area contributed by atoms with Gasteiger partial charge in [0.1, 0.15) is 6.61 Å². The Morgan fingerprint density at radius 1 is 1.42 bits per heavy atom. The van der Waals surface area contributed by atoms with Crippen molar-refractivity contribution in [2.24, 2.45) is 0 Å². The van der Waals surface area contributed by atoms with Crippen LogP contribution in [0.15, 0.2) is 18.2 Å². The lowest BCUT2D eigenvalue weighted by atomic mass is 10.1. The van der Waals surface area contributed by atoms with Gasteiger partial charge in [-0.3, -0.25) is 4.79 Å². The Balaban J connectivity index is 2.49. The second-order valence-electron chi connectivity index (χ2n) is 4.32. The average Bonchev–Trinajstić information content (AvgIpc) is 2.79. The van der Waals surface area contributed by atoms with Crippen molar-refractivity contribution in [3.8, 4) is 0 Å². The van der Waals surface area contributed by atoms with Crippen molar-refractivity contribution in [3.63, 3.8) is 0 Å². The third-order valence-corrected chi connectivity index (χ3v) is 3.46. The van der Waals surface area contributed by atoms with E-state index in [-0.39, 0.29) is 11.2 Å². The molecule has 19 heavy (non-hydrogen) atoms. The molecule has 1 aromatic rings. The summed E-state index contributed by atoms with van der Waals surface area (Å²) < 4.78 is 4.92. The van der Waals surface area contributed by atoms with Crippen LogP contribution in [0.3, 0.4) is 0 Å². The number of cyclic esters (lactones) is 1. The van der Waals surface area contributed by atoms with Crippen molar-refractivity contribution >= 4 is 33.6 Å². The molecule has 1 heterocycles. The molecule has 0 aromatic heterocycles. The third-order valence-electron chi connectivity index (χ3n) is 2.98. The van der Waals surface area contributed by atoms with E-state index in [9.17, 15) is 9.59 Å². The van der Waals surface area contributed by atoms with E-state index in [0.717, 1.165) is 16.8 Å². The molecule has 1 fully saturated rings. The zero-order chi connectivity index (χ0) is 14.0. The Labute approximate surface area is 120 Å². The number of hydrogen-bond donors (Lipinski definition) is 0. The second-order valence-corrected chi connectivity index (χ2v) is 4.88. The first-order chi connectivity index (χ1) is 9.06. The molecule has 1 aliphatic heterocycles. The van der Waals surface area contributed by atoms with Crippen molar-refractivity contribution in [1.82, 2.24) is 5.01 Å². The first kappa shape index (κ1) is 13.9. The molecule has 2 amide bonds. The summed E-state index contributed by atoms with van der Waals surface area (Å²) in [7, 11) is 0. The van der Waals surface area contributed by atoms with Crippen LogP contribution in [0, 0.1) is 13.8 Å². The van der Waals surface area contributed by atoms with Gasteiger partial charge in [-0.1, -0.05) is 34.1 Å². The molecule has 1 aliphatic rings. The number of rotatable bonds is 3. The molecule has 0 aliphatic carbocycles. The number of benzene rings is 1. The van der Waals surface area contributed by atoms with Crippen LogP contribution in [0.2, 0.25) is 0 Å². The summed E-state index contributed by atoms with van der Waals surface area (Å²) in [5.41, 5.74) is 2.62. The molecule has 2 rings (SSSR count). The zero-order valence-electron chi connectivity index (χ0n) is 10.9. The van der Waals surface area contributed by atoms with Gasteiger partial charge in [0, 0.05) is 0 Å². The minimum Gasteiger partial charge on any atom is -0.446 e. The highest BCUT2D eigenvalue weighted by Gasteiger charge is 2.33. The van der Waals surface area contributed by atoms with E-state index >= 15 is 0 Å². The molecule has 5 nitrogen and oxygen atoms in total. The number of hydrazine groups is 1. The number of halogens is 1. The van der Waals surface area contributed by atoms with Crippen molar-refractivity contribution < 1.29 is 14.3 Å². The Morgan fingerprint density at radius 2 is 2.05 bits per heavy atom. The van der Waals surface area contributed by atoms with Gasteiger partial charge in [-0.25, -0.2) is 14.8 Å². The molecule has 1 aromatic carbocycles. The summed E-state index contributed by atoms with van der Waals surface area (Å²) in [6.07, 6.45) is -0.489. The highest BCUT2D eigenvalue weighted by Crippen LogP contribution is 2.28. The maximum Gasteiger partial charge on any atom is 0.429 e. The molecule has 0 N–H and O–H groups in total. The van der Waals surface area contributed by atoms with Gasteiger partial charge < -0.3 is 4.74 Å². The summed E-state index contributed by atoms with van der Waals surface area (Å²) in [6, 6.07) is 5.75. The van der Waals surface area contributed by atoms with E-state index in [2.05, 4.69) is 15.9 Å². The minimum atomic E-state index is -0.489. The predicted octanol–water partition coefficient (Wildman–Crippen LogP) is 2.40. The molecule has 0 atom stereocenters. The molecule has 0 unspecified atom stereocenters. The van der Waals surface area contributed by atoms with E-state index in [1.807, 2.05) is 32.0 Å². The normalized spacial score (nSPS) is 14.5.